The Morgan fingerprint density at radius 3 is 3.00 bits per heavy atom. The SMILES string of the molecule is CN(C)CCSCc1nc2cc(N)ccc2o1. The third kappa shape index (κ3) is 3.38. The van der Waals surface area contributed by atoms with E-state index >= 15 is 0 Å². The highest BCUT2D eigenvalue weighted by atomic mass is 32.2. The highest BCUT2D eigenvalue weighted by Gasteiger charge is 2.05. The van der Waals surface area contributed by atoms with E-state index in [1.165, 1.54) is 0 Å². The first-order valence-electron chi connectivity index (χ1n) is 5.52. The molecule has 0 amide bonds. The molecule has 0 aliphatic carbocycles. The van der Waals surface area contributed by atoms with Crippen LogP contribution in [0.5, 0.6) is 0 Å². The molecule has 5 heteroatoms. The Hall–Kier alpha value is -1.20. The lowest BCUT2D eigenvalue weighted by Gasteiger charge is -2.07. The Morgan fingerprint density at radius 2 is 2.24 bits per heavy atom. The Kier molecular flexibility index (Phi) is 3.91. The van der Waals surface area contributed by atoms with Crippen LogP contribution in [0.1, 0.15) is 5.89 Å². The molecule has 2 rings (SSSR count). The van der Waals surface area contributed by atoms with Crippen molar-refractivity contribution in [1.82, 2.24) is 9.88 Å². The van der Waals surface area contributed by atoms with Crippen molar-refractivity contribution in [1.29, 1.82) is 0 Å². The molecule has 0 saturated heterocycles. The van der Waals surface area contributed by atoms with Crippen molar-refractivity contribution in [2.75, 3.05) is 32.1 Å². The highest BCUT2D eigenvalue weighted by molar-refractivity contribution is 7.98. The van der Waals surface area contributed by atoms with Gasteiger partial charge in [-0.2, -0.15) is 11.8 Å². The van der Waals surface area contributed by atoms with Crippen LogP contribution < -0.4 is 5.73 Å². The van der Waals surface area contributed by atoms with Crippen molar-refractivity contribution < 1.29 is 4.42 Å². The summed E-state index contributed by atoms with van der Waals surface area (Å²) in [6.07, 6.45) is 0. The van der Waals surface area contributed by atoms with Crippen LogP contribution in [0, 0.1) is 0 Å². The van der Waals surface area contributed by atoms with Crippen molar-refractivity contribution in [2.45, 2.75) is 5.75 Å². The van der Waals surface area contributed by atoms with Crippen LogP contribution in [0.4, 0.5) is 5.69 Å². The van der Waals surface area contributed by atoms with Crippen LogP contribution >= 0.6 is 11.8 Å². The summed E-state index contributed by atoms with van der Waals surface area (Å²) in [5.74, 6) is 2.66. The van der Waals surface area contributed by atoms with E-state index in [0.29, 0.717) is 0 Å². The van der Waals surface area contributed by atoms with Crippen molar-refractivity contribution in [3.05, 3.63) is 24.1 Å². The Bertz CT molecular complexity index is 495. The summed E-state index contributed by atoms with van der Waals surface area (Å²) in [4.78, 5) is 6.58. The van der Waals surface area contributed by atoms with E-state index in [0.717, 1.165) is 40.7 Å². The lowest BCUT2D eigenvalue weighted by molar-refractivity contribution is 0.437. The van der Waals surface area contributed by atoms with Crippen molar-refractivity contribution in [3.8, 4) is 0 Å². The number of fused-ring (bicyclic) bond motifs is 1. The molecular formula is C12H17N3OS. The van der Waals surface area contributed by atoms with E-state index in [-0.39, 0.29) is 0 Å². The van der Waals surface area contributed by atoms with Gasteiger partial charge in [-0.15, -0.1) is 0 Å². The van der Waals surface area contributed by atoms with E-state index in [9.17, 15) is 0 Å². The molecule has 1 aromatic heterocycles. The molecule has 0 aliphatic heterocycles. The average molecular weight is 251 g/mol. The summed E-state index contributed by atoms with van der Waals surface area (Å²) in [5, 5.41) is 0. The smallest absolute Gasteiger partial charge is 0.205 e. The molecule has 17 heavy (non-hydrogen) atoms. The van der Waals surface area contributed by atoms with Gasteiger partial charge in [0.15, 0.2) is 5.58 Å². The van der Waals surface area contributed by atoms with Gasteiger partial charge in [-0.1, -0.05) is 0 Å². The van der Waals surface area contributed by atoms with Crippen molar-refractivity contribution >= 4 is 28.5 Å². The van der Waals surface area contributed by atoms with Crippen LogP contribution in [0.3, 0.4) is 0 Å². The van der Waals surface area contributed by atoms with Crippen LogP contribution in [0.2, 0.25) is 0 Å². The summed E-state index contributed by atoms with van der Waals surface area (Å²) >= 11 is 1.82. The second-order valence-corrected chi connectivity index (χ2v) is 5.30. The maximum atomic E-state index is 5.70. The van der Waals surface area contributed by atoms with Gasteiger partial charge in [0.25, 0.3) is 0 Å². The first-order valence-corrected chi connectivity index (χ1v) is 6.68. The van der Waals surface area contributed by atoms with Crippen LogP contribution in [-0.4, -0.2) is 36.3 Å². The van der Waals surface area contributed by atoms with Crippen LogP contribution in [-0.2, 0) is 5.75 Å². The summed E-state index contributed by atoms with van der Waals surface area (Å²) < 4.78 is 5.63. The molecule has 0 spiro atoms. The van der Waals surface area contributed by atoms with E-state index in [2.05, 4.69) is 24.0 Å². The number of nitrogens with two attached hydrogens (primary N) is 1. The van der Waals surface area contributed by atoms with Gasteiger partial charge in [0, 0.05) is 18.0 Å². The van der Waals surface area contributed by atoms with Crippen LogP contribution in [0.15, 0.2) is 22.6 Å². The second-order valence-electron chi connectivity index (χ2n) is 4.19. The van der Waals surface area contributed by atoms with Crippen LogP contribution in [0.25, 0.3) is 11.1 Å². The molecule has 0 fully saturated rings. The minimum atomic E-state index is 0.720. The average Bonchev–Trinajstić information content (AvgIpc) is 2.66. The number of hydrogen-bond acceptors (Lipinski definition) is 5. The van der Waals surface area contributed by atoms with E-state index in [1.807, 2.05) is 30.0 Å². The minimum absolute atomic E-state index is 0.720. The summed E-state index contributed by atoms with van der Waals surface area (Å²) in [6, 6.07) is 5.54. The number of nitrogens with zero attached hydrogens (tertiary/aromatic N) is 2. The van der Waals surface area contributed by atoms with Gasteiger partial charge in [0.2, 0.25) is 5.89 Å². The zero-order chi connectivity index (χ0) is 12.3. The molecule has 1 aromatic carbocycles. The minimum Gasteiger partial charge on any atom is -0.440 e. The topological polar surface area (TPSA) is 55.3 Å². The summed E-state index contributed by atoms with van der Waals surface area (Å²) in [6.45, 7) is 1.07. The second kappa shape index (κ2) is 5.42. The zero-order valence-corrected chi connectivity index (χ0v) is 11.0. The van der Waals surface area contributed by atoms with Gasteiger partial charge >= 0.3 is 0 Å². The van der Waals surface area contributed by atoms with E-state index in [4.69, 9.17) is 10.2 Å². The standard InChI is InChI=1S/C12H17N3OS/c1-15(2)5-6-17-8-12-14-10-7-9(13)3-4-11(10)16-12/h3-4,7H,5-6,8,13H2,1-2H3. The number of anilines is 1. The molecule has 2 aromatic rings. The first kappa shape index (κ1) is 12.3. The van der Waals surface area contributed by atoms with Gasteiger partial charge in [-0.25, -0.2) is 4.98 Å². The maximum absolute atomic E-state index is 5.70. The maximum Gasteiger partial charge on any atom is 0.205 e. The molecule has 0 saturated carbocycles. The molecule has 1 heterocycles. The number of aromatic nitrogens is 1. The van der Waals surface area contributed by atoms with Gasteiger partial charge in [0.05, 0.1) is 5.75 Å². The van der Waals surface area contributed by atoms with Gasteiger partial charge in [-0.3, -0.25) is 0 Å². The molecule has 2 N–H and O–H groups in total. The fraction of sp³-hybridized carbons (Fsp3) is 0.417. The summed E-state index contributed by atoms with van der Waals surface area (Å²) in [7, 11) is 4.14. The van der Waals surface area contributed by atoms with E-state index < -0.39 is 0 Å². The van der Waals surface area contributed by atoms with Gasteiger partial charge in [-0.05, 0) is 32.3 Å². The van der Waals surface area contributed by atoms with Gasteiger partial charge in [0.1, 0.15) is 5.52 Å². The third-order valence-corrected chi connectivity index (χ3v) is 3.29. The number of thioether (sulfide) groups is 1. The lowest BCUT2D eigenvalue weighted by Crippen LogP contribution is -2.14. The van der Waals surface area contributed by atoms with Gasteiger partial charge < -0.3 is 15.1 Å². The fourth-order valence-electron chi connectivity index (χ4n) is 1.46. The number of benzene rings is 1. The third-order valence-electron chi connectivity index (χ3n) is 2.36. The predicted molar refractivity (Wildman–Crippen MR) is 73.1 cm³/mol. The highest BCUT2D eigenvalue weighted by Crippen LogP contribution is 2.20. The molecule has 0 atom stereocenters. The Labute approximate surface area is 105 Å². The van der Waals surface area contributed by atoms with E-state index in [1.54, 1.807) is 0 Å². The Balaban J connectivity index is 1.95. The Morgan fingerprint density at radius 1 is 1.41 bits per heavy atom. The molecule has 92 valence electrons. The number of hydrogen-bond donors (Lipinski definition) is 1. The number of rotatable bonds is 5. The van der Waals surface area contributed by atoms with Crippen molar-refractivity contribution in [3.63, 3.8) is 0 Å². The molecular weight excluding hydrogens is 234 g/mol. The number of nitrogen functional groups attached to an aromatic ring is 1. The number of oxazole rings is 1. The fourth-order valence-corrected chi connectivity index (χ4v) is 2.40. The molecule has 0 bridgehead atoms. The molecule has 0 unspecified atom stereocenters. The molecule has 4 nitrogen and oxygen atoms in total. The predicted octanol–water partition coefficient (Wildman–Crippen LogP) is 2.20. The lowest BCUT2D eigenvalue weighted by atomic mass is 10.3. The molecule has 0 radical (unpaired) electrons. The molecule has 0 aliphatic rings. The normalized spacial score (nSPS) is 11.5. The monoisotopic (exact) mass is 251 g/mol. The first-order chi connectivity index (χ1) is 8.15. The van der Waals surface area contributed by atoms with Crippen molar-refractivity contribution in [2.24, 2.45) is 0 Å². The quantitative estimate of drug-likeness (QED) is 0.652. The largest absolute Gasteiger partial charge is 0.440 e. The summed E-state index contributed by atoms with van der Waals surface area (Å²) in [5.41, 5.74) is 8.06. The zero-order valence-electron chi connectivity index (χ0n) is 10.1.